The molecule has 0 aliphatic rings. The molecule has 0 saturated heterocycles. The second-order valence-corrected chi connectivity index (χ2v) is 3.69. The van der Waals surface area contributed by atoms with Gasteiger partial charge in [-0.05, 0) is 19.1 Å². The molecule has 0 aromatic heterocycles. The molecule has 6 nitrogen and oxygen atoms in total. The number of guanidine groups is 1. The number of phenolic OH excluding ortho intramolecular Hbond substituents is 1. The number of Topliss-reactive ketones (excluding diaryl/α,β-unsaturated/α-hetero) is 1. The Morgan fingerprint density at radius 3 is 2.44 bits per heavy atom. The van der Waals surface area contributed by atoms with Crippen molar-refractivity contribution >= 4 is 41.7 Å². The molecule has 0 aliphatic heterocycles. The van der Waals surface area contributed by atoms with E-state index >= 15 is 0 Å². The molecule has 1 aromatic rings. The van der Waals surface area contributed by atoms with Crippen LogP contribution in [0.2, 0.25) is 5.02 Å². The van der Waals surface area contributed by atoms with E-state index in [4.69, 9.17) is 22.7 Å². The molecule has 0 bridgehead atoms. The number of aromatic hydroxyl groups is 1. The highest BCUT2D eigenvalue weighted by molar-refractivity contribution is 6.33. The first-order chi connectivity index (χ1) is 7.82. The number of hydrogen-bond acceptors (Lipinski definition) is 4. The number of phenols is 1. The van der Waals surface area contributed by atoms with Gasteiger partial charge in [0, 0.05) is 5.56 Å². The molecule has 1 aromatic carbocycles. The lowest BCUT2D eigenvalue weighted by molar-refractivity contribution is 0.0976. The number of nitrogens with two attached hydrogens (primary N) is 1. The Bertz CT molecular complexity index is 517. The monoisotopic (exact) mass is 291 g/mol. The maximum absolute atomic E-state index is 11.5. The van der Waals surface area contributed by atoms with Gasteiger partial charge < -0.3 is 10.8 Å². The van der Waals surface area contributed by atoms with Crippen LogP contribution in [0, 0.1) is 5.41 Å². The molecule has 0 fully saturated rings. The van der Waals surface area contributed by atoms with E-state index in [1.807, 2.05) is 5.32 Å². The first kappa shape index (κ1) is 16.2. The number of halogens is 2. The summed E-state index contributed by atoms with van der Waals surface area (Å²) in [6.45, 7) is 1.23. The molecule has 0 atom stereocenters. The third-order valence-electron chi connectivity index (χ3n) is 1.95. The summed E-state index contributed by atoms with van der Waals surface area (Å²) in [6, 6.07) is 2.36. The predicted octanol–water partition coefficient (Wildman–Crippen LogP) is 1.29. The predicted molar refractivity (Wildman–Crippen MR) is 69.7 cm³/mol. The minimum Gasteiger partial charge on any atom is -0.506 e. The highest BCUT2D eigenvalue weighted by Gasteiger charge is 2.16. The molecule has 1 rings (SSSR count). The fourth-order valence-electron chi connectivity index (χ4n) is 1.19. The summed E-state index contributed by atoms with van der Waals surface area (Å²) in [7, 11) is 0. The summed E-state index contributed by atoms with van der Waals surface area (Å²) in [5, 5.41) is 18.3. The van der Waals surface area contributed by atoms with Crippen LogP contribution in [0.1, 0.15) is 27.6 Å². The zero-order chi connectivity index (χ0) is 13.2. The number of carbonyl (C=O) groups is 2. The van der Waals surface area contributed by atoms with E-state index in [2.05, 4.69) is 0 Å². The van der Waals surface area contributed by atoms with Crippen LogP contribution in [-0.2, 0) is 0 Å². The fraction of sp³-hybridized carbons (Fsp3) is 0.100. The molecule has 0 spiro atoms. The van der Waals surface area contributed by atoms with Crippen LogP contribution < -0.4 is 11.1 Å². The smallest absolute Gasteiger partial charge is 0.258 e. The first-order valence-electron chi connectivity index (χ1n) is 4.51. The maximum Gasteiger partial charge on any atom is 0.258 e. The Morgan fingerprint density at radius 1 is 1.44 bits per heavy atom. The van der Waals surface area contributed by atoms with Gasteiger partial charge in [0.05, 0.1) is 10.6 Å². The van der Waals surface area contributed by atoms with E-state index in [9.17, 15) is 14.7 Å². The molecule has 0 aliphatic carbocycles. The lowest BCUT2D eigenvalue weighted by Gasteiger charge is -2.07. The summed E-state index contributed by atoms with van der Waals surface area (Å²) in [6.07, 6.45) is 0. The Labute approximate surface area is 114 Å². The third kappa shape index (κ3) is 3.61. The second-order valence-electron chi connectivity index (χ2n) is 3.28. The van der Waals surface area contributed by atoms with E-state index in [0.717, 1.165) is 0 Å². The summed E-state index contributed by atoms with van der Waals surface area (Å²) < 4.78 is 0. The highest BCUT2D eigenvalue weighted by Crippen LogP contribution is 2.29. The second kappa shape index (κ2) is 6.23. The van der Waals surface area contributed by atoms with Gasteiger partial charge in [0.1, 0.15) is 5.75 Å². The maximum atomic E-state index is 11.5. The zero-order valence-corrected chi connectivity index (χ0v) is 10.9. The average molecular weight is 292 g/mol. The van der Waals surface area contributed by atoms with E-state index in [1.165, 1.54) is 19.1 Å². The van der Waals surface area contributed by atoms with Gasteiger partial charge in [0.15, 0.2) is 11.7 Å². The fourth-order valence-corrected chi connectivity index (χ4v) is 1.41. The average Bonchev–Trinajstić information content (AvgIpc) is 2.20. The molecular weight excluding hydrogens is 281 g/mol. The van der Waals surface area contributed by atoms with Gasteiger partial charge in [-0.25, -0.2) is 0 Å². The standard InChI is InChI=1S/C10H10ClN3O3.ClH/c1-4(15)6-2-5(3-7(11)8(6)16)9(17)14-10(12)13;/h2-3,16H,1H3,(H4,12,13,14,17);1H. The minimum absolute atomic E-state index is 0. The molecule has 0 heterocycles. The largest absolute Gasteiger partial charge is 0.506 e. The van der Waals surface area contributed by atoms with Crippen molar-refractivity contribution in [3.8, 4) is 5.75 Å². The van der Waals surface area contributed by atoms with Gasteiger partial charge in [0.2, 0.25) is 0 Å². The van der Waals surface area contributed by atoms with Gasteiger partial charge in [-0.2, -0.15) is 0 Å². The van der Waals surface area contributed by atoms with Crippen molar-refractivity contribution in [3.63, 3.8) is 0 Å². The Balaban J connectivity index is 0.00000289. The van der Waals surface area contributed by atoms with E-state index in [-0.39, 0.29) is 34.3 Å². The van der Waals surface area contributed by atoms with Crippen molar-refractivity contribution < 1.29 is 14.7 Å². The van der Waals surface area contributed by atoms with Crippen molar-refractivity contribution in [2.45, 2.75) is 6.92 Å². The molecule has 0 saturated carbocycles. The van der Waals surface area contributed by atoms with Gasteiger partial charge >= 0.3 is 0 Å². The highest BCUT2D eigenvalue weighted by atomic mass is 35.5. The zero-order valence-electron chi connectivity index (χ0n) is 9.28. The normalized spacial score (nSPS) is 9.22. The lowest BCUT2D eigenvalue weighted by atomic mass is 10.1. The molecule has 1 amide bonds. The molecule has 5 N–H and O–H groups in total. The molecule has 0 radical (unpaired) electrons. The number of carbonyl (C=O) groups excluding carboxylic acids is 2. The SMILES string of the molecule is CC(=O)c1cc(C(=O)NC(=N)N)cc(Cl)c1O.Cl. The molecular formula is C10H11Cl2N3O3. The van der Waals surface area contributed by atoms with Crippen LogP contribution in [0.25, 0.3) is 0 Å². The van der Waals surface area contributed by atoms with Crippen molar-refractivity contribution in [1.82, 2.24) is 5.32 Å². The first-order valence-corrected chi connectivity index (χ1v) is 4.89. The van der Waals surface area contributed by atoms with Crippen LogP contribution in [0.4, 0.5) is 0 Å². The number of rotatable bonds is 2. The molecule has 8 heteroatoms. The van der Waals surface area contributed by atoms with E-state index in [1.54, 1.807) is 0 Å². The van der Waals surface area contributed by atoms with Crippen LogP contribution >= 0.6 is 24.0 Å². The number of benzene rings is 1. The summed E-state index contributed by atoms with van der Waals surface area (Å²) in [5.41, 5.74) is 4.97. The topological polar surface area (TPSA) is 116 Å². The summed E-state index contributed by atoms with van der Waals surface area (Å²) >= 11 is 5.68. The number of amides is 1. The Morgan fingerprint density at radius 2 is 2.00 bits per heavy atom. The summed E-state index contributed by atoms with van der Waals surface area (Å²) in [5.74, 6) is -2.01. The van der Waals surface area contributed by atoms with Gasteiger partial charge in [-0.1, -0.05) is 11.6 Å². The van der Waals surface area contributed by atoms with Crippen LogP contribution in [0.3, 0.4) is 0 Å². The van der Waals surface area contributed by atoms with Crippen molar-refractivity contribution in [1.29, 1.82) is 5.41 Å². The number of ketones is 1. The number of hydrogen-bond donors (Lipinski definition) is 4. The Hall–Kier alpha value is -1.79. The molecule has 98 valence electrons. The van der Waals surface area contributed by atoms with Crippen LogP contribution in [-0.4, -0.2) is 22.8 Å². The minimum atomic E-state index is -0.679. The van der Waals surface area contributed by atoms with Crippen molar-refractivity contribution in [2.24, 2.45) is 5.73 Å². The summed E-state index contributed by atoms with van der Waals surface area (Å²) in [4.78, 5) is 22.7. The van der Waals surface area contributed by atoms with Gasteiger partial charge in [-0.15, -0.1) is 12.4 Å². The van der Waals surface area contributed by atoms with Crippen LogP contribution in [0.5, 0.6) is 5.75 Å². The Kier molecular flexibility index (Phi) is 5.61. The number of nitrogens with one attached hydrogen (secondary N) is 2. The van der Waals surface area contributed by atoms with E-state index < -0.39 is 17.6 Å². The van der Waals surface area contributed by atoms with Crippen LogP contribution in [0.15, 0.2) is 12.1 Å². The van der Waals surface area contributed by atoms with Crippen molar-refractivity contribution in [2.75, 3.05) is 0 Å². The lowest BCUT2D eigenvalue weighted by Crippen LogP contribution is -2.35. The van der Waals surface area contributed by atoms with Gasteiger partial charge in [0.25, 0.3) is 5.91 Å². The molecule has 0 unspecified atom stereocenters. The molecule has 18 heavy (non-hydrogen) atoms. The van der Waals surface area contributed by atoms with E-state index in [0.29, 0.717) is 0 Å². The van der Waals surface area contributed by atoms with Crippen molar-refractivity contribution in [3.05, 3.63) is 28.3 Å². The van der Waals surface area contributed by atoms with Gasteiger partial charge in [-0.3, -0.25) is 20.3 Å². The quantitative estimate of drug-likeness (QED) is 0.373. The third-order valence-corrected chi connectivity index (χ3v) is 2.24.